The topological polar surface area (TPSA) is 86.8 Å². The molecule has 4 heterocycles. The number of ether oxygens (including phenoxy) is 2. The van der Waals surface area contributed by atoms with Crippen LogP contribution in [0.25, 0.3) is 17.2 Å². The Morgan fingerprint density at radius 2 is 1.97 bits per heavy atom. The molecule has 1 unspecified atom stereocenters. The maximum atomic E-state index is 13.1. The molecule has 1 amide bonds. The molecule has 1 saturated heterocycles. The van der Waals surface area contributed by atoms with Gasteiger partial charge in [-0.15, -0.1) is 0 Å². The number of para-hydroxylation sites is 1. The highest BCUT2D eigenvalue weighted by molar-refractivity contribution is 5.89. The fraction of sp³-hybridized carbons (Fsp3) is 0.346. The number of aromatic nitrogens is 1. The van der Waals surface area contributed by atoms with Gasteiger partial charge in [-0.2, -0.15) is 0 Å². The van der Waals surface area contributed by atoms with E-state index in [1.54, 1.807) is 11.0 Å². The number of nitrogens with one attached hydrogen (secondary N) is 2. The quantitative estimate of drug-likeness (QED) is 0.671. The number of amides is 1. The fourth-order valence-electron chi connectivity index (χ4n) is 5.15. The maximum Gasteiger partial charge on any atom is 0.233 e. The molecule has 0 bridgehead atoms. The third-order valence-corrected chi connectivity index (χ3v) is 6.97. The zero-order valence-electron chi connectivity index (χ0n) is 18.4. The van der Waals surface area contributed by atoms with Crippen LogP contribution in [0.3, 0.4) is 0 Å². The van der Waals surface area contributed by atoms with Crippen molar-refractivity contribution in [3.63, 3.8) is 0 Å². The summed E-state index contributed by atoms with van der Waals surface area (Å²) in [6.07, 6.45) is 9.27. The molecular weight excluding hydrogens is 418 g/mol. The molecule has 3 aliphatic heterocycles. The summed E-state index contributed by atoms with van der Waals surface area (Å²) >= 11 is 0. The first-order valence-corrected chi connectivity index (χ1v) is 11.6. The van der Waals surface area contributed by atoms with Crippen molar-refractivity contribution in [2.24, 2.45) is 5.92 Å². The van der Waals surface area contributed by atoms with E-state index in [4.69, 9.17) is 9.47 Å². The van der Waals surface area contributed by atoms with E-state index < -0.39 is 5.92 Å². The van der Waals surface area contributed by atoms with Gasteiger partial charge in [-0.05, 0) is 35.3 Å². The monoisotopic (exact) mass is 445 g/mol. The number of aliphatic hydroxyl groups excluding tert-OH is 1. The molecule has 7 heteroatoms. The molecule has 2 aromatic rings. The number of carbonyl (C=O) groups is 1. The molecule has 170 valence electrons. The van der Waals surface area contributed by atoms with Crippen molar-refractivity contribution in [1.82, 2.24) is 9.88 Å². The van der Waals surface area contributed by atoms with Crippen molar-refractivity contribution < 1.29 is 19.4 Å². The third-order valence-electron chi connectivity index (χ3n) is 6.97. The number of H-pyrrole nitrogens is 1. The lowest BCUT2D eigenvalue weighted by atomic mass is 9.85. The van der Waals surface area contributed by atoms with Gasteiger partial charge in [-0.25, -0.2) is 0 Å². The van der Waals surface area contributed by atoms with E-state index in [1.807, 2.05) is 12.3 Å². The highest BCUT2D eigenvalue weighted by atomic mass is 16.5. The lowest BCUT2D eigenvalue weighted by molar-refractivity contribution is -0.139. The van der Waals surface area contributed by atoms with E-state index in [0.29, 0.717) is 39.3 Å². The number of benzene rings is 1. The van der Waals surface area contributed by atoms with Crippen molar-refractivity contribution in [3.8, 4) is 16.9 Å². The van der Waals surface area contributed by atoms with Gasteiger partial charge in [0.05, 0.1) is 25.7 Å². The molecule has 1 atom stereocenters. The van der Waals surface area contributed by atoms with Crippen LogP contribution in [-0.4, -0.2) is 60.4 Å². The molecule has 1 fully saturated rings. The average Bonchev–Trinajstić information content (AvgIpc) is 3.51. The summed E-state index contributed by atoms with van der Waals surface area (Å²) in [5.74, 6) is 1.53. The van der Waals surface area contributed by atoms with Crippen LogP contribution in [0.2, 0.25) is 0 Å². The van der Waals surface area contributed by atoms with Crippen LogP contribution in [0.15, 0.2) is 53.5 Å². The van der Waals surface area contributed by atoms with Gasteiger partial charge < -0.3 is 29.8 Å². The predicted octanol–water partition coefficient (Wildman–Crippen LogP) is 3.67. The molecule has 7 nitrogen and oxygen atoms in total. The number of aromatic amines is 1. The lowest BCUT2D eigenvalue weighted by Crippen LogP contribution is -2.44. The Morgan fingerprint density at radius 3 is 2.85 bits per heavy atom. The number of hydrogen-bond acceptors (Lipinski definition) is 5. The van der Waals surface area contributed by atoms with Crippen molar-refractivity contribution in [3.05, 3.63) is 64.6 Å². The Bertz CT molecular complexity index is 1200. The Kier molecular flexibility index (Phi) is 4.99. The largest absolute Gasteiger partial charge is 0.511 e. The van der Waals surface area contributed by atoms with Crippen molar-refractivity contribution in [1.29, 1.82) is 0 Å². The highest BCUT2D eigenvalue weighted by Gasteiger charge is 2.32. The van der Waals surface area contributed by atoms with Crippen LogP contribution >= 0.6 is 0 Å². The number of aliphatic hydroxyl groups is 1. The van der Waals surface area contributed by atoms with E-state index in [9.17, 15) is 9.90 Å². The van der Waals surface area contributed by atoms with E-state index in [1.165, 1.54) is 5.56 Å². The normalized spacial score (nSPS) is 21.8. The van der Waals surface area contributed by atoms with E-state index in [2.05, 4.69) is 34.6 Å². The third kappa shape index (κ3) is 3.53. The second kappa shape index (κ2) is 8.15. The van der Waals surface area contributed by atoms with Gasteiger partial charge in [0, 0.05) is 48.9 Å². The molecule has 33 heavy (non-hydrogen) atoms. The first kappa shape index (κ1) is 20.2. The van der Waals surface area contributed by atoms with Crippen LogP contribution in [0.1, 0.15) is 17.5 Å². The summed E-state index contributed by atoms with van der Waals surface area (Å²) in [6.45, 7) is 3.63. The zero-order valence-corrected chi connectivity index (χ0v) is 18.4. The summed E-state index contributed by atoms with van der Waals surface area (Å²) in [4.78, 5) is 18.2. The Labute approximate surface area is 192 Å². The molecule has 3 N–H and O–H groups in total. The minimum atomic E-state index is -0.540. The molecular formula is C26H27N3O4. The Hall–Kier alpha value is -3.45. The number of anilines is 1. The highest BCUT2D eigenvalue weighted by Crippen LogP contribution is 2.43. The van der Waals surface area contributed by atoms with E-state index >= 15 is 0 Å². The van der Waals surface area contributed by atoms with Crippen LogP contribution < -0.4 is 10.1 Å². The van der Waals surface area contributed by atoms with Gasteiger partial charge >= 0.3 is 0 Å². The molecule has 0 radical (unpaired) electrons. The molecule has 0 spiro atoms. The number of nitrogens with zero attached hydrogens (tertiary/aromatic N) is 1. The number of allylic oxidation sites excluding steroid dienone is 2. The first-order valence-electron chi connectivity index (χ1n) is 11.6. The van der Waals surface area contributed by atoms with Gasteiger partial charge in [0.2, 0.25) is 5.91 Å². The summed E-state index contributed by atoms with van der Waals surface area (Å²) in [7, 11) is 0. The summed E-state index contributed by atoms with van der Waals surface area (Å²) in [5.41, 5.74) is 6.73. The maximum absolute atomic E-state index is 13.1. The Morgan fingerprint density at radius 1 is 1.09 bits per heavy atom. The lowest BCUT2D eigenvalue weighted by Gasteiger charge is -2.32. The molecule has 1 aliphatic carbocycles. The van der Waals surface area contributed by atoms with Crippen LogP contribution in [0, 0.1) is 5.92 Å². The molecule has 4 aliphatic rings. The number of fused-ring (bicyclic) bond motifs is 2. The van der Waals surface area contributed by atoms with Crippen LogP contribution in [0.4, 0.5) is 5.82 Å². The number of rotatable bonds is 3. The second-order valence-corrected chi connectivity index (χ2v) is 8.88. The molecule has 6 rings (SSSR count). The standard InChI is InChI=1S/C26H27N3O4/c30-23-5-4-17(12-21(23)26(31)29-7-10-32-11-8-29)18-13-20-22(15-28-25(20)27-14-18)19-3-1-2-16-6-9-33-24(16)19/h1-5,13,15,21,27-28,30H,6-12,14H2. The second-order valence-electron chi connectivity index (χ2n) is 8.88. The predicted molar refractivity (Wildman–Crippen MR) is 126 cm³/mol. The van der Waals surface area contributed by atoms with Gasteiger partial charge in [-0.1, -0.05) is 24.3 Å². The molecule has 1 aromatic carbocycles. The number of hydrogen-bond donors (Lipinski definition) is 3. The summed E-state index contributed by atoms with van der Waals surface area (Å²) < 4.78 is 11.3. The number of morpholine rings is 1. The van der Waals surface area contributed by atoms with Crippen molar-refractivity contribution in [2.75, 3.05) is 44.8 Å². The van der Waals surface area contributed by atoms with Gasteiger partial charge in [0.25, 0.3) is 0 Å². The number of carbonyl (C=O) groups excluding carboxylic acids is 1. The Balaban J connectivity index is 1.30. The van der Waals surface area contributed by atoms with Crippen LogP contribution in [0.5, 0.6) is 5.75 Å². The van der Waals surface area contributed by atoms with Crippen molar-refractivity contribution in [2.45, 2.75) is 12.8 Å². The van der Waals surface area contributed by atoms with E-state index in [-0.39, 0.29) is 11.7 Å². The molecule has 1 aromatic heterocycles. The molecule has 0 saturated carbocycles. The summed E-state index contributed by atoms with van der Waals surface area (Å²) in [6, 6.07) is 6.32. The van der Waals surface area contributed by atoms with E-state index in [0.717, 1.165) is 52.4 Å². The first-order chi connectivity index (χ1) is 16.2. The van der Waals surface area contributed by atoms with Crippen LogP contribution in [-0.2, 0) is 16.0 Å². The minimum absolute atomic E-state index is 0.0259. The van der Waals surface area contributed by atoms with Gasteiger partial charge in [0.1, 0.15) is 17.3 Å². The smallest absolute Gasteiger partial charge is 0.233 e. The van der Waals surface area contributed by atoms with Gasteiger partial charge in [-0.3, -0.25) is 4.79 Å². The summed E-state index contributed by atoms with van der Waals surface area (Å²) in [5, 5.41) is 14.0. The van der Waals surface area contributed by atoms with Gasteiger partial charge in [0.15, 0.2) is 0 Å². The average molecular weight is 446 g/mol. The minimum Gasteiger partial charge on any atom is -0.511 e. The van der Waals surface area contributed by atoms with Crippen molar-refractivity contribution >= 4 is 17.8 Å². The SMILES string of the molecule is O=C(C1CC(C2=Cc3c(-c4cccc5c4OCC5)c[nH]c3NC2)=CC=C1O)N1CCOCC1. The fourth-order valence-corrected chi connectivity index (χ4v) is 5.15. The zero-order chi connectivity index (χ0) is 22.4.